The van der Waals surface area contributed by atoms with E-state index < -0.39 is 36.7 Å². The molecular weight excluding hydrogens is 386 g/mol. The van der Waals surface area contributed by atoms with E-state index >= 15 is 0 Å². The highest BCUT2D eigenvalue weighted by atomic mass is 19.3. The summed E-state index contributed by atoms with van der Waals surface area (Å²) < 4.78 is 34.3. The number of carbonyl (C=O) groups is 2. The molecule has 2 aromatic heterocycles. The van der Waals surface area contributed by atoms with Crippen LogP contribution in [0.2, 0.25) is 0 Å². The lowest BCUT2D eigenvalue weighted by Crippen LogP contribution is -2.38. The van der Waals surface area contributed by atoms with E-state index in [0.717, 1.165) is 10.6 Å². The molecule has 1 saturated heterocycles. The summed E-state index contributed by atoms with van der Waals surface area (Å²) >= 11 is 0. The number of ether oxygens (including phenoxy) is 1. The van der Waals surface area contributed by atoms with Crippen molar-refractivity contribution in [3.05, 3.63) is 41.5 Å². The summed E-state index contributed by atoms with van der Waals surface area (Å²) in [7, 11) is 1.51. The number of amides is 2. The minimum absolute atomic E-state index is 0.00102. The molecule has 0 bridgehead atoms. The van der Waals surface area contributed by atoms with Crippen molar-refractivity contribution in [2.24, 2.45) is 0 Å². The first-order valence-electron chi connectivity index (χ1n) is 9.08. The number of hydrogen-bond acceptors (Lipinski definition) is 6. The average molecular weight is 408 g/mol. The molecule has 0 saturated carbocycles. The van der Waals surface area contributed by atoms with Crippen molar-refractivity contribution in [1.82, 2.24) is 30.2 Å². The van der Waals surface area contributed by atoms with Gasteiger partial charge in [0.25, 0.3) is 17.7 Å². The van der Waals surface area contributed by atoms with E-state index in [1.165, 1.54) is 24.2 Å². The van der Waals surface area contributed by atoms with Crippen molar-refractivity contribution in [2.75, 3.05) is 26.8 Å². The number of likely N-dealkylation sites (tertiary alicyclic amines) is 1. The van der Waals surface area contributed by atoms with Gasteiger partial charge in [0.05, 0.1) is 37.5 Å². The number of aryl methyl sites for hydroxylation is 1. The zero-order chi connectivity index (χ0) is 21.0. The maximum Gasteiger partial charge on any atom is 0.273 e. The van der Waals surface area contributed by atoms with Gasteiger partial charge < -0.3 is 15.0 Å². The Balaban J connectivity index is 1.70. The summed E-state index contributed by atoms with van der Waals surface area (Å²) in [6.07, 6.45) is 2.26. The second-order valence-corrected chi connectivity index (χ2v) is 6.91. The number of methoxy groups -OCH3 is 1. The van der Waals surface area contributed by atoms with Crippen LogP contribution in [0.5, 0.6) is 0 Å². The number of carbonyl (C=O) groups excluding carboxylic acids is 2. The maximum absolute atomic E-state index is 14.1. The van der Waals surface area contributed by atoms with Gasteiger partial charge in [-0.2, -0.15) is 0 Å². The fraction of sp³-hybridized carbons (Fsp3) is 0.500. The highest BCUT2D eigenvalue weighted by Crippen LogP contribution is 2.33. The predicted molar refractivity (Wildman–Crippen MR) is 97.6 cm³/mol. The largest absolute Gasteiger partial charge is 0.383 e. The molecule has 156 valence electrons. The third-order valence-corrected chi connectivity index (χ3v) is 4.56. The third-order valence-electron chi connectivity index (χ3n) is 4.56. The van der Waals surface area contributed by atoms with Crippen molar-refractivity contribution in [1.29, 1.82) is 0 Å². The first kappa shape index (κ1) is 20.8. The Morgan fingerprint density at radius 2 is 2.17 bits per heavy atom. The molecule has 29 heavy (non-hydrogen) atoms. The van der Waals surface area contributed by atoms with Crippen LogP contribution in [0.3, 0.4) is 0 Å². The number of aromatic nitrogens is 4. The maximum atomic E-state index is 14.1. The normalized spacial score (nSPS) is 18.1. The molecule has 0 radical (unpaired) electrons. The van der Waals surface area contributed by atoms with Crippen LogP contribution in [0.15, 0.2) is 24.5 Å². The molecule has 1 fully saturated rings. The highest BCUT2D eigenvalue weighted by Gasteiger charge is 2.47. The Bertz CT molecular complexity index is 871. The number of alkyl halides is 2. The molecule has 1 atom stereocenters. The Kier molecular flexibility index (Phi) is 6.16. The van der Waals surface area contributed by atoms with Gasteiger partial charge in [0.15, 0.2) is 5.69 Å². The van der Waals surface area contributed by atoms with Gasteiger partial charge in [0.1, 0.15) is 0 Å². The zero-order valence-corrected chi connectivity index (χ0v) is 16.1. The van der Waals surface area contributed by atoms with E-state index in [1.807, 2.05) is 0 Å². The van der Waals surface area contributed by atoms with E-state index in [2.05, 4.69) is 20.6 Å². The molecular formula is C18H22F2N6O3. The Hall–Kier alpha value is -2.95. The van der Waals surface area contributed by atoms with Crippen LogP contribution in [-0.4, -0.2) is 75.5 Å². The van der Waals surface area contributed by atoms with Crippen LogP contribution < -0.4 is 5.32 Å². The van der Waals surface area contributed by atoms with E-state index in [0.29, 0.717) is 13.2 Å². The van der Waals surface area contributed by atoms with Crippen LogP contribution in [0.4, 0.5) is 8.78 Å². The minimum Gasteiger partial charge on any atom is -0.383 e. The molecule has 0 unspecified atom stereocenters. The third kappa shape index (κ3) is 5.11. The molecule has 1 aliphatic heterocycles. The molecule has 2 amide bonds. The predicted octanol–water partition coefficient (Wildman–Crippen LogP) is 0.908. The van der Waals surface area contributed by atoms with E-state index in [-0.39, 0.29) is 17.8 Å². The van der Waals surface area contributed by atoms with Gasteiger partial charge in [-0.05, 0) is 19.1 Å². The van der Waals surface area contributed by atoms with Gasteiger partial charge in [0, 0.05) is 32.0 Å². The fourth-order valence-corrected chi connectivity index (χ4v) is 3.12. The van der Waals surface area contributed by atoms with Crippen molar-refractivity contribution < 1.29 is 23.1 Å². The lowest BCUT2D eigenvalue weighted by atomic mass is 10.1. The standard InChI is InChI=1S/C18H22F2N6O3/c1-12-3-4-13(8-22-12)17(28)26-11-18(19,20)7-14(26)9-25-10-15(23-24-25)16(27)21-5-6-29-2/h3-4,8,10,14H,5-7,9,11H2,1-2H3,(H,21,27)/t14-/m0/s1. The zero-order valence-electron chi connectivity index (χ0n) is 16.1. The minimum atomic E-state index is -3.00. The Morgan fingerprint density at radius 1 is 1.38 bits per heavy atom. The smallest absolute Gasteiger partial charge is 0.273 e. The number of rotatable bonds is 7. The molecule has 11 heteroatoms. The Morgan fingerprint density at radius 3 is 2.86 bits per heavy atom. The van der Waals surface area contributed by atoms with Gasteiger partial charge in [0.2, 0.25) is 0 Å². The number of halogens is 2. The fourth-order valence-electron chi connectivity index (χ4n) is 3.12. The van der Waals surface area contributed by atoms with Crippen LogP contribution >= 0.6 is 0 Å². The first-order valence-corrected chi connectivity index (χ1v) is 9.08. The number of pyridine rings is 1. The highest BCUT2D eigenvalue weighted by molar-refractivity contribution is 5.94. The first-order chi connectivity index (χ1) is 13.8. The van der Waals surface area contributed by atoms with Crippen LogP contribution in [0.25, 0.3) is 0 Å². The summed E-state index contributed by atoms with van der Waals surface area (Å²) in [6.45, 7) is 1.75. The van der Waals surface area contributed by atoms with E-state index in [1.54, 1.807) is 19.1 Å². The summed E-state index contributed by atoms with van der Waals surface area (Å²) in [6, 6.07) is 2.43. The summed E-state index contributed by atoms with van der Waals surface area (Å²) in [5.74, 6) is -3.96. The van der Waals surface area contributed by atoms with Gasteiger partial charge in [-0.3, -0.25) is 14.6 Å². The molecule has 3 rings (SSSR count). The van der Waals surface area contributed by atoms with Crippen molar-refractivity contribution in [3.63, 3.8) is 0 Å². The summed E-state index contributed by atoms with van der Waals surface area (Å²) in [5.41, 5.74) is 1.03. The molecule has 1 N–H and O–H groups in total. The van der Waals surface area contributed by atoms with E-state index in [9.17, 15) is 18.4 Å². The van der Waals surface area contributed by atoms with Gasteiger partial charge in [-0.1, -0.05) is 5.21 Å². The summed E-state index contributed by atoms with van der Waals surface area (Å²) in [5, 5.41) is 10.2. The second kappa shape index (κ2) is 8.60. The van der Waals surface area contributed by atoms with E-state index in [4.69, 9.17) is 4.74 Å². The second-order valence-electron chi connectivity index (χ2n) is 6.91. The molecule has 2 aromatic rings. The molecule has 9 nitrogen and oxygen atoms in total. The lowest BCUT2D eigenvalue weighted by Gasteiger charge is -2.23. The van der Waals surface area contributed by atoms with Gasteiger partial charge in [-0.25, -0.2) is 13.5 Å². The number of nitrogens with zero attached hydrogens (tertiary/aromatic N) is 5. The Labute approximate surface area is 166 Å². The van der Waals surface area contributed by atoms with Crippen LogP contribution in [0, 0.1) is 6.92 Å². The average Bonchev–Trinajstić information content (AvgIpc) is 3.26. The SMILES string of the molecule is COCCNC(=O)c1cn(C[C@@H]2CC(F)(F)CN2C(=O)c2ccc(C)nc2)nn1. The van der Waals surface area contributed by atoms with Crippen LogP contribution in [-0.2, 0) is 11.3 Å². The van der Waals surface area contributed by atoms with Crippen molar-refractivity contribution in [3.8, 4) is 0 Å². The van der Waals surface area contributed by atoms with Gasteiger partial charge in [-0.15, -0.1) is 5.10 Å². The molecule has 0 spiro atoms. The monoisotopic (exact) mass is 408 g/mol. The molecule has 0 aliphatic carbocycles. The lowest BCUT2D eigenvalue weighted by molar-refractivity contribution is 0.0117. The number of nitrogens with one attached hydrogen (secondary N) is 1. The summed E-state index contributed by atoms with van der Waals surface area (Å²) in [4.78, 5) is 29.9. The molecule has 0 aromatic carbocycles. The van der Waals surface area contributed by atoms with Crippen LogP contribution in [0.1, 0.15) is 33.0 Å². The van der Waals surface area contributed by atoms with Crippen molar-refractivity contribution in [2.45, 2.75) is 31.9 Å². The molecule has 1 aliphatic rings. The quantitative estimate of drug-likeness (QED) is 0.684. The topological polar surface area (TPSA) is 102 Å². The van der Waals surface area contributed by atoms with Gasteiger partial charge >= 0.3 is 0 Å². The molecule has 3 heterocycles. The number of hydrogen-bond donors (Lipinski definition) is 1. The van der Waals surface area contributed by atoms with Crippen molar-refractivity contribution >= 4 is 11.8 Å².